The third kappa shape index (κ3) is 15.8. The lowest BCUT2D eigenvalue weighted by Crippen LogP contribution is -2.60. The van der Waals surface area contributed by atoms with E-state index in [0.29, 0.717) is 26.2 Å². The molecule has 0 fully saturated rings. The van der Waals surface area contributed by atoms with E-state index >= 15 is 0 Å². The van der Waals surface area contributed by atoms with Gasteiger partial charge in [0.25, 0.3) is 0 Å². The van der Waals surface area contributed by atoms with Gasteiger partial charge in [0.15, 0.2) is 25.0 Å². The molecule has 0 aliphatic heterocycles. The molecule has 0 amide bonds. The summed E-state index contributed by atoms with van der Waals surface area (Å²) in [4.78, 5) is 11.0. The Kier molecular flexibility index (Phi) is 11.9. The van der Waals surface area contributed by atoms with Crippen LogP contribution in [0.1, 0.15) is 12.8 Å². The van der Waals surface area contributed by atoms with E-state index in [2.05, 4.69) is 65.5 Å². The summed E-state index contributed by atoms with van der Waals surface area (Å²) in [6.07, 6.45) is 2.67. The first-order valence-corrected chi connectivity index (χ1v) is 22.2. The highest BCUT2D eigenvalue weighted by molar-refractivity contribution is 6.90. The fourth-order valence-corrected chi connectivity index (χ4v) is 17.1. The summed E-state index contributed by atoms with van der Waals surface area (Å²) in [6.45, 7) is 24.6. The highest BCUT2D eigenvalue weighted by Gasteiger charge is 2.49. The molecule has 0 bridgehead atoms. The van der Waals surface area contributed by atoms with Crippen LogP contribution in [0.5, 0.6) is 0 Å². The van der Waals surface area contributed by atoms with Gasteiger partial charge in [-0.25, -0.2) is 4.79 Å². The van der Waals surface area contributed by atoms with Gasteiger partial charge in [-0.1, -0.05) is 6.58 Å². The van der Waals surface area contributed by atoms with Gasteiger partial charge in [-0.3, -0.25) is 0 Å². The number of ether oxygens (including phenoxy) is 2. The summed E-state index contributed by atoms with van der Waals surface area (Å²) < 4.78 is 30.6. The van der Waals surface area contributed by atoms with Crippen molar-refractivity contribution in [3.05, 3.63) is 12.7 Å². The maximum Gasteiger partial charge on any atom is 0.469 e. The van der Waals surface area contributed by atoms with Crippen LogP contribution in [-0.2, 0) is 26.6 Å². The molecule has 0 unspecified atom stereocenters. The number of hydrogen-bond acceptors (Lipinski definition) is 6. The minimum absolute atomic E-state index is 0.347. The second kappa shape index (κ2) is 11.9. The maximum absolute atomic E-state index is 11.0. The van der Waals surface area contributed by atoms with Crippen LogP contribution in [-0.4, -0.2) is 59.5 Å². The molecule has 0 spiro atoms. The molecule has 0 N–H and O–H groups in total. The molecule has 0 saturated carbocycles. The smallest absolute Gasteiger partial charge is 0.462 e. The van der Waals surface area contributed by atoms with E-state index in [0.717, 1.165) is 12.5 Å². The molecule has 0 radical (unpaired) electrons. The predicted molar refractivity (Wildman–Crippen MR) is 125 cm³/mol. The largest absolute Gasteiger partial charge is 0.469 e. The third-order valence-electron chi connectivity index (χ3n) is 3.00. The van der Waals surface area contributed by atoms with Gasteiger partial charge >= 0.3 is 14.8 Å². The summed E-state index contributed by atoms with van der Waals surface area (Å²) in [7, 11) is -8.27. The number of hydrogen-bond donors (Lipinski definition) is 0. The van der Waals surface area contributed by atoms with Gasteiger partial charge in [0, 0.05) is 31.8 Å². The lowest BCUT2D eigenvalue weighted by molar-refractivity contribution is -0.138. The van der Waals surface area contributed by atoms with Gasteiger partial charge in [-0.15, -0.1) is 0 Å². The van der Waals surface area contributed by atoms with Gasteiger partial charge in [0.1, 0.15) is 0 Å². The first-order valence-electron chi connectivity index (χ1n) is 10.0. The molecular weight excluding hydrogens is 425 g/mol. The standard InChI is InChI=1S/C18H42O6Si4/c1-11-18(19)21-16-12-14-20-15-13-17-28(22-25(2,3)4,23-26(5,6)7)24-27(8,9)10/h11H,1,12-17H2,2-10H3. The average Bonchev–Trinajstić information content (AvgIpc) is 2.43. The van der Waals surface area contributed by atoms with Crippen LogP contribution in [0.2, 0.25) is 65.0 Å². The van der Waals surface area contributed by atoms with Crippen molar-refractivity contribution in [3.8, 4) is 0 Å². The van der Waals surface area contributed by atoms with Crippen LogP contribution in [0, 0.1) is 0 Å². The van der Waals surface area contributed by atoms with Crippen molar-refractivity contribution in [1.82, 2.24) is 0 Å². The number of rotatable bonds is 15. The van der Waals surface area contributed by atoms with Gasteiger partial charge in [-0.05, 0) is 65.3 Å². The molecule has 10 heteroatoms. The van der Waals surface area contributed by atoms with Crippen LogP contribution >= 0.6 is 0 Å². The Hall–Kier alpha value is -0.0825. The Bertz CT molecular complexity index is 439. The van der Waals surface area contributed by atoms with E-state index in [1.807, 2.05) is 0 Å². The highest BCUT2D eigenvalue weighted by Crippen LogP contribution is 2.29. The van der Waals surface area contributed by atoms with Crippen LogP contribution in [0.3, 0.4) is 0 Å². The topological polar surface area (TPSA) is 63.2 Å². The zero-order valence-electron chi connectivity index (χ0n) is 19.5. The SMILES string of the molecule is C=CC(=O)OCCCOCCC[Si](O[Si](C)(C)C)(O[Si](C)(C)C)O[Si](C)(C)C. The normalized spacial score (nSPS) is 13.5. The summed E-state index contributed by atoms with van der Waals surface area (Å²) in [5.41, 5.74) is 0. The van der Waals surface area contributed by atoms with Crippen molar-refractivity contribution >= 4 is 39.7 Å². The predicted octanol–water partition coefficient (Wildman–Crippen LogP) is 5.01. The molecule has 0 aliphatic rings. The third-order valence-corrected chi connectivity index (χ3v) is 15.0. The lowest BCUT2D eigenvalue weighted by Gasteiger charge is -2.42. The van der Waals surface area contributed by atoms with E-state index in [1.165, 1.54) is 6.08 Å². The van der Waals surface area contributed by atoms with E-state index in [-0.39, 0.29) is 0 Å². The molecule has 0 aromatic heterocycles. The van der Waals surface area contributed by atoms with Gasteiger partial charge in [-0.2, -0.15) is 0 Å². The molecule has 0 atom stereocenters. The number of esters is 1. The summed E-state index contributed by atoms with van der Waals surface area (Å²) in [5, 5.41) is 0. The molecule has 0 saturated heterocycles. The fraction of sp³-hybridized carbons (Fsp3) is 0.833. The molecule has 0 aromatic carbocycles. The Balaban J connectivity index is 4.78. The maximum atomic E-state index is 11.0. The quantitative estimate of drug-likeness (QED) is 0.146. The Morgan fingerprint density at radius 2 is 1.18 bits per heavy atom. The van der Waals surface area contributed by atoms with Crippen LogP contribution in [0.4, 0.5) is 0 Å². The van der Waals surface area contributed by atoms with Gasteiger partial charge in [0.05, 0.1) is 6.61 Å². The second-order valence-corrected chi connectivity index (χ2v) is 26.8. The van der Waals surface area contributed by atoms with Crippen LogP contribution in [0.15, 0.2) is 12.7 Å². The minimum Gasteiger partial charge on any atom is -0.462 e. The Morgan fingerprint density at radius 1 is 0.750 bits per heavy atom. The summed E-state index contributed by atoms with van der Waals surface area (Å²) in [6, 6.07) is 0.775. The summed E-state index contributed by atoms with van der Waals surface area (Å²) >= 11 is 0. The molecule has 0 heterocycles. The first kappa shape index (κ1) is 27.9. The van der Waals surface area contributed by atoms with E-state index in [1.54, 1.807) is 0 Å². The Morgan fingerprint density at radius 3 is 1.57 bits per heavy atom. The van der Waals surface area contributed by atoms with Gasteiger partial charge in [0.2, 0.25) is 0 Å². The first-order chi connectivity index (χ1) is 12.6. The molecule has 0 rings (SSSR count). The zero-order valence-corrected chi connectivity index (χ0v) is 23.5. The zero-order chi connectivity index (χ0) is 22.1. The van der Waals surface area contributed by atoms with E-state index in [9.17, 15) is 4.79 Å². The van der Waals surface area contributed by atoms with Crippen molar-refractivity contribution in [2.45, 2.75) is 77.8 Å². The number of carbonyl (C=O) groups excluding carboxylic acids is 1. The van der Waals surface area contributed by atoms with Crippen LogP contribution < -0.4 is 0 Å². The molecular formula is C18H42O6Si4. The fourth-order valence-electron chi connectivity index (χ4n) is 2.50. The van der Waals surface area contributed by atoms with Crippen molar-refractivity contribution < 1.29 is 26.6 Å². The van der Waals surface area contributed by atoms with Crippen molar-refractivity contribution in [3.63, 3.8) is 0 Å². The summed E-state index contributed by atoms with van der Waals surface area (Å²) in [5.74, 6) is -0.397. The van der Waals surface area contributed by atoms with E-state index < -0.39 is 39.7 Å². The number of carbonyl (C=O) groups is 1. The molecule has 6 nitrogen and oxygen atoms in total. The highest BCUT2D eigenvalue weighted by atomic mass is 28.5. The van der Waals surface area contributed by atoms with Gasteiger partial charge < -0.3 is 21.8 Å². The van der Waals surface area contributed by atoms with Crippen LogP contribution in [0.25, 0.3) is 0 Å². The Labute approximate surface area is 176 Å². The molecule has 0 aliphatic carbocycles. The van der Waals surface area contributed by atoms with Crippen molar-refractivity contribution in [1.29, 1.82) is 0 Å². The molecule has 0 aromatic rings. The van der Waals surface area contributed by atoms with E-state index in [4.69, 9.17) is 21.8 Å². The second-order valence-electron chi connectivity index (χ2n) is 9.77. The monoisotopic (exact) mass is 466 g/mol. The molecule has 166 valence electrons. The average molecular weight is 467 g/mol. The lowest BCUT2D eigenvalue weighted by atomic mass is 10.5. The molecule has 28 heavy (non-hydrogen) atoms. The van der Waals surface area contributed by atoms with Crippen molar-refractivity contribution in [2.75, 3.05) is 19.8 Å². The minimum atomic E-state index is -2.77. The van der Waals surface area contributed by atoms with Crippen molar-refractivity contribution in [2.24, 2.45) is 0 Å².